The zero-order chi connectivity index (χ0) is 18.7. The first-order chi connectivity index (χ1) is 12.4. The van der Waals surface area contributed by atoms with Crippen molar-refractivity contribution in [3.05, 3.63) is 64.6 Å². The number of hydrogen-bond acceptors (Lipinski definition) is 4. The number of benzene rings is 2. The lowest BCUT2D eigenvalue weighted by Crippen LogP contribution is -2.32. The van der Waals surface area contributed by atoms with Crippen LogP contribution >= 0.6 is 0 Å². The third-order valence-corrected chi connectivity index (χ3v) is 4.07. The van der Waals surface area contributed by atoms with E-state index in [4.69, 9.17) is 4.74 Å². The first-order valence-electron chi connectivity index (χ1n) is 8.06. The fraction of sp³-hybridized carbons (Fsp3) is 0.278. The van der Waals surface area contributed by atoms with Crippen LogP contribution in [-0.2, 0) is 6.18 Å². The molecule has 0 N–H and O–H groups in total. The van der Waals surface area contributed by atoms with Gasteiger partial charge in [-0.25, -0.2) is 0 Å². The van der Waals surface area contributed by atoms with Gasteiger partial charge in [-0.1, -0.05) is 18.2 Å². The molecule has 0 bridgehead atoms. The number of nitro benzene ring substituents is 1. The first-order valence-corrected chi connectivity index (χ1v) is 8.06. The Balaban J connectivity index is 2.17. The molecule has 0 amide bonds. The average Bonchev–Trinajstić information content (AvgIpc) is 2.61. The number of nitrogens with zero attached hydrogens (tertiary/aromatic N) is 2. The van der Waals surface area contributed by atoms with Crippen LogP contribution in [0.25, 0.3) is 0 Å². The Kier molecular flexibility index (Phi) is 5.01. The van der Waals surface area contributed by atoms with Crippen molar-refractivity contribution in [3.63, 3.8) is 0 Å². The Morgan fingerprint density at radius 1 is 1.12 bits per heavy atom. The molecule has 1 aliphatic heterocycles. The second-order valence-corrected chi connectivity index (χ2v) is 5.85. The first kappa shape index (κ1) is 18.0. The zero-order valence-electron chi connectivity index (χ0n) is 13.7. The van der Waals surface area contributed by atoms with Crippen molar-refractivity contribution in [2.45, 2.75) is 19.0 Å². The predicted molar refractivity (Wildman–Crippen MR) is 90.4 cm³/mol. The minimum Gasteiger partial charge on any atom is -0.457 e. The second-order valence-electron chi connectivity index (χ2n) is 5.85. The van der Waals surface area contributed by atoms with E-state index in [9.17, 15) is 23.3 Å². The Labute approximate surface area is 148 Å². The van der Waals surface area contributed by atoms with Crippen molar-refractivity contribution in [2.75, 3.05) is 18.0 Å². The van der Waals surface area contributed by atoms with Gasteiger partial charge in [0.25, 0.3) is 5.69 Å². The van der Waals surface area contributed by atoms with Gasteiger partial charge >= 0.3 is 6.18 Å². The van der Waals surface area contributed by atoms with Gasteiger partial charge in [0, 0.05) is 19.2 Å². The van der Waals surface area contributed by atoms with Crippen LogP contribution in [0.3, 0.4) is 0 Å². The summed E-state index contributed by atoms with van der Waals surface area (Å²) in [7, 11) is 0. The van der Waals surface area contributed by atoms with Crippen LogP contribution < -0.4 is 9.64 Å². The summed E-state index contributed by atoms with van der Waals surface area (Å²) in [6.07, 6.45) is -1.58. The van der Waals surface area contributed by atoms with Crippen molar-refractivity contribution in [1.82, 2.24) is 0 Å². The molecule has 1 aliphatic rings. The van der Waals surface area contributed by atoms with Crippen molar-refractivity contribution in [2.24, 2.45) is 0 Å². The molecule has 1 saturated heterocycles. The van der Waals surface area contributed by atoms with E-state index in [1.807, 2.05) is 6.42 Å². The minimum atomic E-state index is -4.80. The number of alkyl halides is 3. The van der Waals surface area contributed by atoms with Crippen LogP contribution in [0.15, 0.2) is 42.5 Å². The zero-order valence-corrected chi connectivity index (χ0v) is 13.7. The summed E-state index contributed by atoms with van der Waals surface area (Å²) in [5, 5.41) is 11.4. The molecular formula is C18H16F3N2O3. The van der Waals surface area contributed by atoms with Gasteiger partial charge in [-0.2, -0.15) is 13.2 Å². The fourth-order valence-electron chi connectivity index (χ4n) is 2.97. The van der Waals surface area contributed by atoms with E-state index in [0.29, 0.717) is 13.0 Å². The lowest BCUT2D eigenvalue weighted by atomic mass is 10.0. The summed E-state index contributed by atoms with van der Waals surface area (Å²) in [5.74, 6) is -0.224. The standard InChI is InChI=1S/C18H16F3N2O3/c19-18(20,21)16-15(26-13-7-3-1-4-8-13)10-9-14(23(24)25)17(16)22-11-5-2-6-12-22/h1,3-5,7-10H,2,6,11-12H2. The monoisotopic (exact) mass is 365 g/mol. The van der Waals surface area contributed by atoms with Crippen molar-refractivity contribution >= 4 is 11.4 Å². The van der Waals surface area contributed by atoms with Crippen LogP contribution in [0.4, 0.5) is 24.5 Å². The van der Waals surface area contributed by atoms with E-state index in [1.165, 1.54) is 17.0 Å². The molecule has 8 heteroatoms. The van der Waals surface area contributed by atoms with Gasteiger partial charge < -0.3 is 9.64 Å². The highest BCUT2D eigenvalue weighted by molar-refractivity contribution is 5.73. The molecule has 1 fully saturated rings. The molecule has 0 unspecified atom stereocenters. The fourth-order valence-corrected chi connectivity index (χ4v) is 2.97. The van der Waals surface area contributed by atoms with Crippen molar-refractivity contribution < 1.29 is 22.8 Å². The molecule has 3 rings (SSSR count). The average molecular weight is 365 g/mol. The number of nitro groups is 1. The molecule has 2 aromatic carbocycles. The van der Waals surface area contributed by atoms with E-state index >= 15 is 0 Å². The third kappa shape index (κ3) is 3.74. The molecule has 1 heterocycles. The van der Waals surface area contributed by atoms with Gasteiger partial charge in [-0.15, -0.1) is 0 Å². The minimum absolute atomic E-state index is 0.221. The number of piperidine rings is 1. The van der Waals surface area contributed by atoms with Crippen molar-refractivity contribution in [3.8, 4) is 11.5 Å². The maximum Gasteiger partial charge on any atom is 0.422 e. The molecule has 0 spiro atoms. The highest BCUT2D eigenvalue weighted by Crippen LogP contribution is 2.48. The lowest BCUT2D eigenvalue weighted by Gasteiger charge is -2.31. The molecule has 5 nitrogen and oxygen atoms in total. The van der Waals surface area contributed by atoms with Gasteiger partial charge in [0.1, 0.15) is 22.7 Å². The number of para-hydroxylation sites is 1. The normalized spacial score (nSPS) is 15.0. The van der Waals surface area contributed by atoms with E-state index in [1.54, 1.807) is 18.2 Å². The number of halogens is 3. The van der Waals surface area contributed by atoms with Crippen LogP contribution in [0.5, 0.6) is 11.5 Å². The van der Waals surface area contributed by atoms with E-state index in [2.05, 4.69) is 0 Å². The predicted octanol–water partition coefficient (Wildman–Crippen LogP) is 5.21. The van der Waals surface area contributed by atoms with Crippen LogP contribution in [0.2, 0.25) is 0 Å². The maximum absolute atomic E-state index is 13.9. The summed E-state index contributed by atoms with van der Waals surface area (Å²) in [5.41, 5.74) is -2.13. The Bertz CT molecular complexity index is 788. The molecule has 0 aromatic heterocycles. The maximum atomic E-state index is 13.9. The summed E-state index contributed by atoms with van der Waals surface area (Å²) in [6, 6.07) is 10.1. The molecule has 0 aliphatic carbocycles. The van der Waals surface area contributed by atoms with Crippen LogP contribution in [-0.4, -0.2) is 18.0 Å². The van der Waals surface area contributed by atoms with E-state index in [0.717, 1.165) is 18.6 Å². The van der Waals surface area contributed by atoms with Gasteiger partial charge in [0.05, 0.1) is 4.92 Å². The van der Waals surface area contributed by atoms with Crippen LogP contribution in [0, 0.1) is 16.5 Å². The van der Waals surface area contributed by atoms with Crippen molar-refractivity contribution in [1.29, 1.82) is 0 Å². The van der Waals surface area contributed by atoms with E-state index < -0.39 is 33.8 Å². The third-order valence-electron chi connectivity index (χ3n) is 4.07. The number of hydrogen-bond donors (Lipinski definition) is 0. The molecule has 26 heavy (non-hydrogen) atoms. The largest absolute Gasteiger partial charge is 0.457 e. The lowest BCUT2D eigenvalue weighted by molar-refractivity contribution is -0.384. The molecule has 2 aromatic rings. The topological polar surface area (TPSA) is 55.6 Å². The van der Waals surface area contributed by atoms with Crippen LogP contribution in [0.1, 0.15) is 18.4 Å². The number of anilines is 1. The summed E-state index contributed by atoms with van der Waals surface area (Å²) in [6.45, 7) is 0.536. The van der Waals surface area contributed by atoms with Gasteiger partial charge in [-0.3, -0.25) is 10.1 Å². The molecule has 0 saturated carbocycles. The van der Waals surface area contributed by atoms with Gasteiger partial charge in [-0.05, 0) is 37.5 Å². The summed E-state index contributed by atoms with van der Waals surface area (Å²) >= 11 is 0. The Morgan fingerprint density at radius 2 is 1.85 bits per heavy atom. The molecular weight excluding hydrogens is 349 g/mol. The SMILES string of the molecule is O=[N+]([O-])c1ccc(Oc2ccccc2)c(C(F)(F)F)c1N1C[CH]CCC1. The smallest absolute Gasteiger partial charge is 0.422 e. The number of ether oxygens (including phenoxy) is 1. The number of rotatable bonds is 4. The highest BCUT2D eigenvalue weighted by Gasteiger charge is 2.43. The highest BCUT2D eigenvalue weighted by atomic mass is 19.4. The Hall–Kier alpha value is -2.77. The summed E-state index contributed by atoms with van der Waals surface area (Å²) in [4.78, 5) is 12.0. The Morgan fingerprint density at radius 3 is 2.42 bits per heavy atom. The van der Waals surface area contributed by atoms with E-state index in [-0.39, 0.29) is 12.3 Å². The van der Waals surface area contributed by atoms with Gasteiger partial charge in [0.15, 0.2) is 0 Å². The molecule has 0 atom stereocenters. The molecule has 1 radical (unpaired) electrons. The second kappa shape index (κ2) is 7.23. The quantitative estimate of drug-likeness (QED) is 0.551. The van der Waals surface area contributed by atoms with Gasteiger partial charge in [0.2, 0.25) is 0 Å². The molecule has 137 valence electrons. The summed E-state index contributed by atoms with van der Waals surface area (Å²) < 4.78 is 47.0.